The lowest BCUT2D eigenvalue weighted by molar-refractivity contribution is 0.0285. The van der Waals surface area contributed by atoms with Crippen molar-refractivity contribution < 1.29 is 9.59 Å². The molecule has 3 heterocycles. The Morgan fingerprint density at radius 1 is 0.905 bits per heavy atom. The number of pyridine rings is 1. The molecular formula is C35H39ClN4O2. The molecule has 1 spiro atoms. The largest absolute Gasteiger partial charge is 0.339 e. The lowest BCUT2D eigenvalue weighted by Crippen LogP contribution is -2.48. The zero-order chi connectivity index (χ0) is 28.7. The summed E-state index contributed by atoms with van der Waals surface area (Å²) in [6.45, 7) is 4.87. The lowest BCUT2D eigenvalue weighted by Gasteiger charge is -2.47. The highest BCUT2D eigenvalue weighted by Crippen LogP contribution is 2.44. The highest BCUT2D eigenvalue weighted by molar-refractivity contribution is 6.33. The number of rotatable bonds is 6. The number of nitrogens with zero attached hydrogens (tertiary/aromatic N) is 4. The topological polar surface area (TPSA) is 56.8 Å². The highest BCUT2D eigenvalue weighted by atomic mass is 35.5. The van der Waals surface area contributed by atoms with Gasteiger partial charge in [0.1, 0.15) is 0 Å². The van der Waals surface area contributed by atoms with E-state index in [9.17, 15) is 9.59 Å². The van der Waals surface area contributed by atoms with Crippen LogP contribution in [0.4, 0.5) is 0 Å². The molecule has 2 aromatic carbocycles. The van der Waals surface area contributed by atoms with Gasteiger partial charge >= 0.3 is 0 Å². The van der Waals surface area contributed by atoms with Crippen molar-refractivity contribution in [1.82, 2.24) is 19.7 Å². The minimum absolute atomic E-state index is 0.00540. The first-order valence-electron chi connectivity index (χ1n) is 15.6. The fourth-order valence-corrected chi connectivity index (χ4v) is 7.71. The van der Waals surface area contributed by atoms with Gasteiger partial charge in [0, 0.05) is 43.6 Å². The average molecular weight is 583 g/mol. The maximum atomic E-state index is 13.8. The molecule has 3 fully saturated rings. The second-order valence-electron chi connectivity index (χ2n) is 12.8. The van der Waals surface area contributed by atoms with Gasteiger partial charge in [0.2, 0.25) is 0 Å². The van der Waals surface area contributed by atoms with Gasteiger partial charge in [-0.25, -0.2) is 0 Å². The third kappa shape index (κ3) is 5.47. The molecule has 4 aliphatic rings. The number of amides is 2. The Balaban J connectivity index is 1.01. The molecule has 1 aromatic heterocycles. The number of hydrogen-bond acceptors (Lipinski definition) is 4. The number of likely N-dealkylation sites (tertiary alicyclic amines) is 2. The predicted molar refractivity (Wildman–Crippen MR) is 164 cm³/mol. The molecule has 218 valence electrons. The van der Waals surface area contributed by atoms with Crippen molar-refractivity contribution in [2.24, 2.45) is 5.41 Å². The fourth-order valence-electron chi connectivity index (χ4n) is 7.49. The Morgan fingerprint density at radius 3 is 2.33 bits per heavy atom. The molecule has 2 aliphatic heterocycles. The third-order valence-corrected chi connectivity index (χ3v) is 10.6. The quantitative estimate of drug-likeness (QED) is 0.331. The fraction of sp³-hybridized carbons (Fsp3) is 0.457. The summed E-state index contributed by atoms with van der Waals surface area (Å²) < 4.78 is 0. The number of fused-ring (bicyclic) bond motifs is 1. The summed E-state index contributed by atoms with van der Waals surface area (Å²) >= 11 is 6.44. The van der Waals surface area contributed by atoms with Gasteiger partial charge < -0.3 is 9.80 Å². The van der Waals surface area contributed by atoms with Gasteiger partial charge in [0.25, 0.3) is 11.8 Å². The van der Waals surface area contributed by atoms with Gasteiger partial charge in [-0.1, -0.05) is 29.8 Å². The summed E-state index contributed by atoms with van der Waals surface area (Å²) in [6.07, 6.45) is 12.2. The van der Waals surface area contributed by atoms with Crippen LogP contribution in [0.2, 0.25) is 5.02 Å². The highest BCUT2D eigenvalue weighted by Gasteiger charge is 2.42. The first kappa shape index (κ1) is 27.6. The van der Waals surface area contributed by atoms with Gasteiger partial charge in [0.15, 0.2) is 0 Å². The molecule has 6 nitrogen and oxygen atoms in total. The van der Waals surface area contributed by atoms with Crippen LogP contribution in [-0.2, 0) is 13.0 Å². The smallest absolute Gasteiger partial charge is 0.256 e. The van der Waals surface area contributed by atoms with Crippen molar-refractivity contribution >= 4 is 23.4 Å². The zero-order valence-electron chi connectivity index (χ0n) is 24.2. The van der Waals surface area contributed by atoms with E-state index in [-0.39, 0.29) is 23.9 Å². The van der Waals surface area contributed by atoms with E-state index in [0.29, 0.717) is 16.0 Å². The normalized spacial score (nSPS) is 21.7. The van der Waals surface area contributed by atoms with E-state index in [1.807, 2.05) is 36.7 Å². The Kier molecular flexibility index (Phi) is 7.53. The third-order valence-electron chi connectivity index (χ3n) is 10.2. The van der Waals surface area contributed by atoms with Gasteiger partial charge in [-0.15, -0.1) is 0 Å². The van der Waals surface area contributed by atoms with E-state index in [2.05, 4.69) is 43.9 Å². The van der Waals surface area contributed by atoms with Crippen molar-refractivity contribution in [1.29, 1.82) is 0 Å². The number of carbonyl (C=O) groups is 2. The SMILES string of the molecule is O=C(c1ccc2c(c1)C(N(C(=O)c1ccccc1Cl)C1CC1)CC2)N1CCC2(CCN(Cc3ccncc3)CC2)CC1. The lowest BCUT2D eigenvalue weighted by atomic mass is 9.71. The summed E-state index contributed by atoms with van der Waals surface area (Å²) in [4.78, 5) is 38.3. The Hall–Kier alpha value is -3.22. The molecule has 2 aliphatic carbocycles. The second-order valence-corrected chi connectivity index (χ2v) is 13.2. The molecule has 0 N–H and O–H groups in total. The van der Waals surface area contributed by atoms with E-state index < -0.39 is 0 Å². The van der Waals surface area contributed by atoms with Gasteiger partial charge in [-0.2, -0.15) is 0 Å². The van der Waals surface area contributed by atoms with Crippen LogP contribution in [0.1, 0.15) is 88.4 Å². The Morgan fingerprint density at radius 2 is 1.62 bits per heavy atom. The maximum absolute atomic E-state index is 13.8. The molecule has 1 atom stereocenters. The van der Waals surface area contributed by atoms with Crippen LogP contribution in [0, 0.1) is 5.41 Å². The number of aromatic nitrogens is 1. The van der Waals surface area contributed by atoms with Crippen LogP contribution in [0.3, 0.4) is 0 Å². The van der Waals surface area contributed by atoms with Crippen molar-refractivity contribution in [3.63, 3.8) is 0 Å². The first-order valence-corrected chi connectivity index (χ1v) is 16.0. The van der Waals surface area contributed by atoms with Gasteiger partial charge in [-0.3, -0.25) is 19.5 Å². The first-order chi connectivity index (χ1) is 20.5. The minimum atomic E-state index is -0.00835. The van der Waals surface area contributed by atoms with Crippen molar-refractivity contribution in [2.45, 2.75) is 70.0 Å². The van der Waals surface area contributed by atoms with Crippen LogP contribution in [-0.4, -0.2) is 63.7 Å². The molecule has 42 heavy (non-hydrogen) atoms. The van der Waals surface area contributed by atoms with Gasteiger partial charge in [-0.05, 0) is 123 Å². The summed E-state index contributed by atoms with van der Waals surface area (Å²) in [5.74, 6) is 0.134. The van der Waals surface area contributed by atoms with E-state index in [0.717, 1.165) is 82.4 Å². The van der Waals surface area contributed by atoms with Crippen LogP contribution < -0.4 is 0 Å². The molecular weight excluding hydrogens is 544 g/mol. The van der Waals surface area contributed by atoms with E-state index >= 15 is 0 Å². The molecule has 3 aromatic rings. The number of carbonyl (C=O) groups excluding carboxylic acids is 2. The van der Waals surface area contributed by atoms with Crippen LogP contribution in [0.5, 0.6) is 0 Å². The molecule has 7 rings (SSSR count). The zero-order valence-corrected chi connectivity index (χ0v) is 24.9. The average Bonchev–Trinajstić information content (AvgIpc) is 3.78. The van der Waals surface area contributed by atoms with Crippen LogP contribution >= 0.6 is 11.6 Å². The maximum Gasteiger partial charge on any atom is 0.256 e. The number of piperidine rings is 2. The van der Waals surface area contributed by atoms with Crippen molar-refractivity contribution in [3.05, 3.63) is 99.8 Å². The molecule has 2 saturated heterocycles. The van der Waals surface area contributed by atoms with Crippen molar-refractivity contribution in [3.8, 4) is 0 Å². The predicted octanol–water partition coefficient (Wildman–Crippen LogP) is 6.55. The molecule has 2 amide bonds. The van der Waals surface area contributed by atoms with Crippen LogP contribution in [0.25, 0.3) is 0 Å². The molecule has 0 bridgehead atoms. The van der Waals surface area contributed by atoms with E-state index in [1.165, 1.54) is 24.0 Å². The molecule has 7 heteroatoms. The summed E-state index contributed by atoms with van der Waals surface area (Å²) in [7, 11) is 0. The van der Waals surface area contributed by atoms with Crippen LogP contribution in [0.15, 0.2) is 67.0 Å². The number of hydrogen-bond donors (Lipinski definition) is 0. The molecule has 0 radical (unpaired) electrons. The van der Waals surface area contributed by atoms with Gasteiger partial charge in [0.05, 0.1) is 16.6 Å². The second kappa shape index (κ2) is 11.5. The van der Waals surface area contributed by atoms with E-state index in [1.54, 1.807) is 6.07 Å². The summed E-state index contributed by atoms with van der Waals surface area (Å²) in [5, 5.41) is 0.498. The monoisotopic (exact) mass is 582 g/mol. The molecule has 1 unspecified atom stereocenters. The standard InChI is InChI=1S/C35H39ClN4O2/c36-31-4-2-1-3-29(31)34(42)40(28-8-9-28)32-10-7-26-5-6-27(23-30(26)32)33(41)39-21-15-35(16-22-39)13-19-38(20-14-35)24-25-11-17-37-18-12-25/h1-6,11-12,17-18,23,28,32H,7-10,13-16,19-22,24H2. The minimum Gasteiger partial charge on any atom is -0.339 e. The Bertz CT molecular complexity index is 1450. The molecule has 1 saturated carbocycles. The Labute approximate surface area is 253 Å². The number of halogens is 1. The number of benzene rings is 2. The summed E-state index contributed by atoms with van der Waals surface area (Å²) in [6, 6.07) is 18.0. The number of aryl methyl sites for hydroxylation is 1. The van der Waals surface area contributed by atoms with E-state index in [4.69, 9.17) is 11.6 Å². The summed E-state index contributed by atoms with van der Waals surface area (Å²) in [5.41, 5.74) is 5.40. The van der Waals surface area contributed by atoms with Crippen molar-refractivity contribution in [2.75, 3.05) is 26.2 Å².